The molecule has 3 aliphatic heterocycles. The SMILES string of the molecule is O=C(O)/C=C/C[C@@H]1[C@H]2CCCN3CCC[C@@H](CN1S(=O)(=O)c1ccccc1C(F)(F)F)[C@@H]23. The summed E-state index contributed by atoms with van der Waals surface area (Å²) in [7, 11) is -4.45. The van der Waals surface area contributed by atoms with E-state index in [1.54, 1.807) is 0 Å². The summed E-state index contributed by atoms with van der Waals surface area (Å²) in [5.74, 6) is -1.13. The molecule has 6 nitrogen and oxygen atoms in total. The molecule has 4 rings (SSSR count). The van der Waals surface area contributed by atoms with Crippen molar-refractivity contribution in [2.75, 3.05) is 19.6 Å². The summed E-state index contributed by atoms with van der Waals surface area (Å²) in [6, 6.07) is 3.90. The Hall–Kier alpha value is -1.91. The Morgan fingerprint density at radius 2 is 1.84 bits per heavy atom. The highest BCUT2D eigenvalue weighted by Crippen LogP contribution is 2.45. The van der Waals surface area contributed by atoms with Crippen LogP contribution in [0, 0.1) is 11.8 Å². The Morgan fingerprint density at radius 1 is 1.16 bits per heavy atom. The zero-order chi connectivity index (χ0) is 23.1. The van der Waals surface area contributed by atoms with Crippen LogP contribution in [0.15, 0.2) is 41.3 Å². The molecule has 3 saturated heterocycles. The molecule has 176 valence electrons. The maximum absolute atomic E-state index is 13.7. The normalized spacial score (nSPS) is 29.7. The molecule has 0 amide bonds. The van der Waals surface area contributed by atoms with Crippen LogP contribution >= 0.6 is 0 Å². The number of hydrogen-bond acceptors (Lipinski definition) is 4. The smallest absolute Gasteiger partial charge is 0.417 e. The van der Waals surface area contributed by atoms with Gasteiger partial charge in [0.05, 0.1) is 10.5 Å². The van der Waals surface area contributed by atoms with Crippen molar-refractivity contribution in [2.24, 2.45) is 11.8 Å². The van der Waals surface area contributed by atoms with Gasteiger partial charge >= 0.3 is 12.1 Å². The number of benzene rings is 1. The van der Waals surface area contributed by atoms with Crippen LogP contribution in [0.4, 0.5) is 13.2 Å². The number of piperidine rings is 3. The number of aliphatic carboxylic acids is 1. The maximum Gasteiger partial charge on any atom is 0.417 e. The first-order valence-electron chi connectivity index (χ1n) is 10.9. The monoisotopic (exact) mass is 472 g/mol. The Morgan fingerprint density at radius 3 is 2.53 bits per heavy atom. The van der Waals surface area contributed by atoms with E-state index in [0.717, 1.165) is 57.0 Å². The van der Waals surface area contributed by atoms with E-state index in [4.69, 9.17) is 5.11 Å². The lowest BCUT2D eigenvalue weighted by Crippen LogP contribution is -2.65. The van der Waals surface area contributed by atoms with E-state index >= 15 is 0 Å². The molecule has 3 aliphatic rings. The minimum absolute atomic E-state index is 0.0472. The highest BCUT2D eigenvalue weighted by atomic mass is 32.2. The van der Waals surface area contributed by atoms with Crippen molar-refractivity contribution in [3.05, 3.63) is 42.0 Å². The predicted molar refractivity (Wildman–Crippen MR) is 111 cm³/mol. The highest BCUT2D eigenvalue weighted by Gasteiger charge is 2.52. The Balaban J connectivity index is 1.77. The Labute approximate surface area is 185 Å². The maximum atomic E-state index is 13.7. The van der Waals surface area contributed by atoms with Crippen LogP contribution in [0.25, 0.3) is 0 Å². The average Bonchev–Trinajstić information content (AvgIpc) is 2.74. The Kier molecular flexibility index (Phi) is 6.39. The van der Waals surface area contributed by atoms with Gasteiger partial charge < -0.3 is 5.11 Å². The highest BCUT2D eigenvalue weighted by molar-refractivity contribution is 7.89. The van der Waals surface area contributed by atoms with E-state index in [2.05, 4.69) is 4.90 Å². The third-order valence-corrected chi connectivity index (χ3v) is 8.99. The van der Waals surface area contributed by atoms with Gasteiger partial charge in [-0.05, 0) is 69.2 Å². The summed E-state index contributed by atoms with van der Waals surface area (Å²) in [5.41, 5.74) is -1.17. The molecule has 3 fully saturated rings. The molecule has 0 radical (unpaired) electrons. The van der Waals surface area contributed by atoms with Crippen molar-refractivity contribution in [2.45, 2.75) is 55.3 Å². The van der Waals surface area contributed by atoms with Gasteiger partial charge in [-0.2, -0.15) is 17.5 Å². The quantitative estimate of drug-likeness (QED) is 0.663. The molecule has 0 unspecified atom stereocenters. The molecule has 3 heterocycles. The predicted octanol–water partition coefficient (Wildman–Crippen LogP) is 3.60. The van der Waals surface area contributed by atoms with Gasteiger partial charge in [0.25, 0.3) is 0 Å². The number of carboxylic acids is 1. The molecule has 0 aromatic heterocycles. The lowest BCUT2D eigenvalue weighted by atomic mass is 9.70. The number of carbonyl (C=O) groups is 1. The van der Waals surface area contributed by atoms with Crippen molar-refractivity contribution >= 4 is 16.0 Å². The average molecular weight is 473 g/mol. The summed E-state index contributed by atoms with van der Waals surface area (Å²) in [4.78, 5) is 12.6. The van der Waals surface area contributed by atoms with Crippen molar-refractivity contribution in [3.8, 4) is 0 Å². The summed E-state index contributed by atoms with van der Waals surface area (Å²) in [6.07, 6.45) is 1.19. The second-order valence-electron chi connectivity index (χ2n) is 8.85. The molecule has 0 bridgehead atoms. The zero-order valence-corrected chi connectivity index (χ0v) is 18.4. The van der Waals surface area contributed by atoms with Gasteiger partial charge in [-0.25, -0.2) is 13.2 Å². The van der Waals surface area contributed by atoms with Crippen LogP contribution in [0.1, 0.15) is 37.7 Å². The summed E-state index contributed by atoms with van der Waals surface area (Å²) >= 11 is 0. The van der Waals surface area contributed by atoms with Gasteiger partial charge in [0.2, 0.25) is 10.0 Å². The molecule has 1 aromatic carbocycles. The number of rotatable bonds is 5. The number of hydrogen-bond donors (Lipinski definition) is 1. The fourth-order valence-electron chi connectivity index (χ4n) is 5.89. The molecular formula is C22H27F3N2O4S. The van der Waals surface area contributed by atoms with Gasteiger partial charge in [0.15, 0.2) is 0 Å². The van der Waals surface area contributed by atoms with Crippen LogP contribution < -0.4 is 0 Å². The first kappa shape index (κ1) is 23.3. The number of halogens is 3. The van der Waals surface area contributed by atoms with Crippen molar-refractivity contribution in [3.63, 3.8) is 0 Å². The van der Waals surface area contributed by atoms with Crippen molar-refractivity contribution in [1.29, 1.82) is 0 Å². The molecule has 0 aliphatic carbocycles. The van der Waals surface area contributed by atoms with Crippen LogP contribution in [0.5, 0.6) is 0 Å². The second kappa shape index (κ2) is 8.79. The number of carboxylic acid groups (broad SMARTS) is 1. The zero-order valence-electron chi connectivity index (χ0n) is 17.5. The topological polar surface area (TPSA) is 77.9 Å². The van der Waals surface area contributed by atoms with E-state index < -0.39 is 38.7 Å². The van der Waals surface area contributed by atoms with Crippen LogP contribution in [0.2, 0.25) is 0 Å². The summed E-state index contributed by atoms with van der Waals surface area (Å²) in [5, 5.41) is 8.98. The van der Waals surface area contributed by atoms with Gasteiger partial charge in [-0.3, -0.25) is 4.90 Å². The van der Waals surface area contributed by atoms with Crippen LogP contribution in [-0.4, -0.2) is 60.4 Å². The summed E-state index contributed by atoms with van der Waals surface area (Å²) in [6.45, 7) is 2.04. The van der Waals surface area contributed by atoms with Gasteiger partial charge in [-0.1, -0.05) is 18.2 Å². The van der Waals surface area contributed by atoms with Gasteiger partial charge in [-0.15, -0.1) is 0 Å². The number of nitrogens with zero attached hydrogens (tertiary/aromatic N) is 2. The molecular weight excluding hydrogens is 445 g/mol. The molecule has 1 N–H and O–H groups in total. The molecule has 10 heteroatoms. The molecule has 1 aromatic rings. The van der Waals surface area contributed by atoms with E-state index in [0.29, 0.717) is 0 Å². The van der Waals surface area contributed by atoms with Gasteiger partial charge in [0, 0.05) is 24.7 Å². The third kappa shape index (κ3) is 4.32. The van der Waals surface area contributed by atoms with Crippen molar-refractivity contribution < 1.29 is 31.5 Å². The standard InChI is InChI=1S/C22H27F3N2O4S/c23-22(24,25)17-8-1-2-10-19(17)32(30,31)27-14-15-6-4-12-26-13-5-7-16(21(15)26)18(27)9-3-11-20(28)29/h1-3,8,10-11,15-16,18,21H,4-7,9,12-14H2,(H,28,29)/b11-3+/t15-,16+,18+,21-/m0/s1. The minimum atomic E-state index is -4.80. The van der Waals surface area contributed by atoms with Crippen LogP contribution in [-0.2, 0) is 21.0 Å². The molecule has 32 heavy (non-hydrogen) atoms. The first-order chi connectivity index (χ1) is 15.1. The van der Waals surface area contributed by atoms with E-state index in [1.165, 1.54) is 22.5 Å². The minimum Gasteiger partial charge on any atom is -0.478 e. The lowest BCUT2D eigenvalue weighted by molar-refractivity contribution is -0.140. The second-order valence-corrected chi connectivity index (χ2v) is 10.7. The molecule has 0 spiro atoms. The van der Waals surface area contributed by atoms with Gasteiger partial charge in [0.1, 0.15) is 0 Å². The number of sulfonamides is 1. The molecule has 4 atom stereocenters. The van der Waals surface area contributed by atoms with E-state index in [9.17, 15) is 26.4 Å². The largest absolute Gasteiger partial charge is 0.478 e. The molecule has 0 saturated carbocycles. The summed E-state index contributed by atoms with van der Waals surface area (Å²) < 4.78 is 69.5. The number of alkyl halides is 3. The van der Waals surface area contributed by atoms with E-state index in [1.807, 2.05) is 0 Å². The lowest BCUT2D eigenvalue weighted by Gasteiger charge is -2.57. The Bertz CT molecular complexity index is 993. The first-order valence-corrected chi connectivity index (χ1v) is 12.4. The fraction of sp³-hybridized carbons (Fsp3) is 0.591. The fourth-order valence-corrected chi connectivity index (χ4v) is 7.84. The third-order valence-electron chi connectivity index (χ3n) is 7.04. The van der Waals surface area contributed by atoms with Crippen LogP contribution in [0.3, 0.4) is 0 Å². The van der Waals surface area contributed by atoms with E-state index in [-0.39, 0.29) is 30.8 Å². The van der Waals surface area contributed by atoms with Crippen molar-refractivity contribution in [1.82, 2.24) is 9.21 Å².